The number of amides is 2. The average Bonchev–Trinajstić information content (AvgIpc) is 2.32. The molecule has 0 aromatic heterocycles. The molecule has 0 aliphatic carbocycles. The van der Waals surface area contributed by atoms with Gasteiger partial charge in [0.05, 0.1) is 0 Å². The third-order valence-electron chi connectivity index (χ3n) is 2.38. The molecular weight excluding hydrogens is 365 g/mol. The number of nitrogen functional groups attached to an aromatic ring is 1. The molecule has 0 aliphatic rings. The van der Waals surface area contributed by atoms with Gasteiger partial charge >= 0.3 is 6.03 Å². The standard InChI is InChI=1S/C13H10BrCl2N3O/c14-11-6-9(1-2-12(11)17)18-13(20)19-10-4-7(15)3-8(16)5-10/h1-6H,17H2,(H2,18,19,20). The summed E-state index contributed by atoms with van der Waals surface area (Å²) >= 11 is 15.0. The largest absolute Gasteiger partial charge is 0.398 e. The Morgan fingerprint density at radius 2 is 1.60 bits per heavy atom. The number of anilines is 3. The van der Waals surface area contributed by atoms with Crippen LogP contribution in [0.3, 0.4) is 0 Å². The molecule has 20 heavy (non-hydrogen) atoms. The monoisotopic (exact) mass is 373 g/mol. The lowest BCUT2D eigenvalue weighted by molar-refractivity contribution is 0.262. The fraction of sp³-hybridized carbons (Fsp3) is 0. The molecule has 0 bridgehead atoms. The summed E-state index contributed by atoms with van der Waals surface area (Å²) in [7, 11) is 0. The van der Waals surface area contributed by atoms with Crippen molar-refractivity contribution in [2.45, 2.75) is 0 Å². The van der Waals surface area contributed by atoms with Gasteiger partial charge in [0, 0.05) is 31.6 Å². The molecule has 4 N–H and O–H groups in total. The van der Waals surface area contributed by atoms with Gasteiger partial charge in [-0.3, -0.25) is 0 Å². The van der Waals surface area contributed by atoms with E-state index in [1.807, 2.05) is 0 Å². The molecular formula is C13H10BrCl2N3O. The number of halogens is 3. The van der Waals surface area contributed by atoms with E-state index in [1.165, 1.54) is 0 Å². The number of rotatable bonds is 2. The summed E-state index contributed by atoms with van der Waals surface area (Å²) in [6.45, 7) is 0. The minimum atomic E-state index is -0.403. The third kappa shape index (κ3) is 4.03. The normalized spacial score (nSPS) is 10.2. The fourth-order valence-corrected chi connectivity index (χ4v) is 2.43. The second-order valence-corrected chi connectivity index (χ2v) is 5.70. The van der Waals surface area contributed by atoms with Gasteiger partial charge in [0.2, 0.25) is 0 Å². The second-order valence-electron chi connectivity index (χ2n) is 3.97. The number of hydrogen-bond acceptors (Lipinski definition) is 2. The van der Waals surface area contributed by atoms with E-state index in [1.54, 1.807) is 36.4 Å². The Bertz CT molecular complexity index is 644. The minimum Gasteiger partial charge on any atom is -0.398 e. The maximum Gasteiger partial charge on any atom is 0.323 e. The zero-order chi connectivity index (χ0) is 14.7. The van der Waals surface area contributed by atoms with Crippen LogP contribution in [0.25, 0.3) is 0 Å². The third-order valence-corrected chi connectivity index (χ3v) is 3.50. The van der Waals surface area contributed by atoms with Crippen molar-refractivity contribution in [2.75, 3.05) is 16.4 Å². The number of nitrogens with one attached hydrogen (secondary N) is 2. The lowest BCUT2D eigenvalue weighted by atomic mass is 10.3. The Balaban J connectivity index is 2.06. The number of carbonyl (C=O) groups is 1. The van der Waals surface area contributed by atoms with Gasteiger partial charge in [0.1, 0.15) is 0 Å². The first-order valence-corrected chi connectivity index (χ1v) is 7.08. The zero-order valence-corrected chi connectivity index (χ0v) is 13.2. The lowest BCUT2D eigenvalue weighted by Gasteiger charge is -2.09. The van der Waals surface area contributed by atoms with Crippen LogP contribution >= 0.6 is 39.1 Å². The maximum atomic E-state index is 11.8. The molecule has 0 spiro atoms. The SMILES string of the molecule is Nc1ccc(NC(=O)Nc2cc(Cl)cc(Cl)c2)cc1Br. The topological polar surface area (TPSA) is 67.1 Å². The van der Waals surface area contributed by atoms with Crippen LogP contribution in [0, 0.1) is 0 Å². The van der Waals surface area contributed by atoms with Gasteiger partial charge in [-0.1, -0.05) is 23.2 Å². The smallest absolute Gasteiger partial charge is 0.323 e. The predicted molar refractivity (Wildman–Crippen MR) is 87.7 cm³/mol. The van der Waals surface area contributed by atoms with Crippen LogP contribution in [0.4, 0.5) is 21.9 Å². The van der Waals surface area contributed by atoms with E-state index in [2.05, 4.69) is 26.6 Å². The Morgan fingerprint density at radius 3 is 2.20 bits per heavy atom. The Morgan fingerprint density at radius 1 is 1.00 bits per heavy atom. The number of urea groups is 1. The van der Waals surface area contributed by atoms with Crippen molar-refractivity contribution >= 4 is 62.2 Å². The summed E-state index contributed by atoms with van der Waals surface area (Å²) in [6, 6.07) is 9.49. The van der Waals surface area contributed by atoms with Crippen molar-refractivity contribution in [3.8, 4) is 0 Å². The van der Waals surface area contributed by atoms with E-state index in [0.717, 1.165) is 0 Å². The van der Waals surface area contributed by atoms with E-state index in [4.69, 9.17) is 28.9 Å². The van der Waals surface area contributed by atoms with Gasteiger partial charge in [-0.05, 0) is 52.3 Å². The van der Waals surface area contributed by atoms with Crippen molar-refractivity contribution < 1.29 is 4.79 Å². The van der Waals surface area contributed by atoms with Crippen molar-refractivity contribution in [3.05, 3.63) is 50.9 Å². The van der Waals surface area contributed by atoms with E-state index in [0.29, 0.717) is 31.6 Å². The molecule has 104 valence electrons. The molecule has 0 unspecified atom stereocenters. The molecule has 2 rings (SSSR count). The molecule has 0 heterocycles. The van der Waals surface area contributed by atoms with Crippen LogP contribution in [0.15, 0.2) is 40.9 Å². The quantitative estimate of drug-likeness (QED) is 0.648. The number of carbonyl (C=O) groups excluding carboxylic acids is 1. The molecule has 0 radical (unpaired) electrons. The molecule has 2 aromatic carbocycles. The summed E-state index contributed by atoms with van der Waals surface area (Å²) in [6.07, 6.45) is 0. The maximum absolute atomic E-state index is 11.8. The van der Waals surface area contributed by atoms with E-state index in [-0.39, 0.29) is 0 Å². The van der Waals surface area contributed by atoms with E-state index >= 15 is 0 Å². The van der Waals surface area contributed by atoms with E-state index in [9.17, 15) is 4.79 Å². The van der Waals surface area contributed by atoms with Crippen LogP contribution in [-0.2, 0) is 0 Å². The minimum absolute atomic E-state index is 0.403. The summed E-state index contributed by atoms with van der Waals surface area (Å²) in [5.74, 6) is 0. The molecule has 0 saturated heterocycles. The predicted octanol–water partition coefficient (Wildman–Crippen LogP) is 4.98. The molecule has 0 fully saturated rings. The summed E-state index contributed by atoms with van der Waals surface area (Å²) in [4.78, 5) is 11.8. The molecule has 0 atom stereocenters. The van der Waals surface area contributed by atoms with Gasteiger partial charge in [0.25, 0.3) is 0 Å². The van der Waals surface area contributed by atoms with Crippen LogP contribution in [-0.4, -0.2) is 6.03 Å². The second kappa shape index (κ2) is 6.35. The average molecular weight is 375 g/mol. The highest BCUT2D eigenvalue weighted by Crippen LogP contribution is 2.24. The zero-order valence-electron chi connectivity index (χ0n) is 10.1. The van der Waals surface area contributed by atoms with Crippen molar-refractivity contribution in [3.63, 3.8) is 0 Å². The Labute approximate surface area is 134 Å². The highest BCUT2D eigenvalue weighted by Gasteiger charge is 2.05. The summed E-state index contributed by atoms with van der Waals surface area (Å²) < 4.78 is 0.709. The van der Waals surface area contributed by atoms with Crippen LogP contribution < -0.4 is 16.4 Å². The number of hydrogen-bond donors (Lipinski definition) is 3. The summed E-state index contributed by atoms with van der Waals surface area (Å²) in [5, 5.41) is 6.21. The molecule has 2 amide bonds. The van der Waals surface area contributed by atoms with Gasteiger partial charge in [-0.15, -0.1) is 0 Å². The molecule has 0 aliphatic heterocycles. The summed E-state index contributed by atoms with van der Waals surface area (Å²) in [5.41, 5.74) is 7.38. The van der Waals surface area contributed by atoms with Gasteiger partial charge in [0.15, 0.2) is 0 Å². The lowest BCUT2D eigenvalue weighted by Crippen LogP contribution is -2.19. The molecule has 4 nitrogen and oxygen atoms in total. The van der Waals surface area contributed by atoms with Crippen LogP contribution in [0.2, 0.25) is 10.0 Å². The number of nitrogens with two attached hydrogens (primary N) is 1. The van der Waals surface area contributed by atoms with Crippen molar-refractivity contribution in [1.29, 1.82) is 0 Å². The van der Waals surface area contributed by atoms with Crippen LogP contribution in [0.1, 0.15) is 0 Å². The molecule has 0 saturated carbocycles. The first kappa shape index (κ1) is 15.0. The fourth-order valence-electron chi connectivity index (χ4n) is 1.52. The highest BCUT2D eigenvalue weighted by molar-refractivity contribution is 9.10. The molecule has 7 heteroatoms. The van der Waals surface area contributed by atoms with Gasteiger partial charge in [-0.25, -0.2) is 4.79 Å². The Kier molecular flexibility index (Phi) is 4.75. The first-order chi connectivity index (χ1) is 9.44. The van der Waals surface area contributed by atoms with Crippen LogP contribution in [0.5, 0.6) is 0 Å². The number of benzene rings is 2. The van der Waals surface area contributed by atoms with Crippen molar-refractivity contribution in [2.24, 2.45) is 0 Å². The molecule has 2 aromatic rings. The van der Waals surface area contributed by atoms with Crippen molar-refractivity contribution in [1.82, 2.24) is 0 Å². The van der Waals surface area contributed by atoms with Gasteiger partial charge in [-0.2, -0.15) is 0 Å². The first-order valence-electron chi connectivity index (χ1n) is 5.53. The van der Waals surface area contributed by atoms with E-state index < -0.39 is 6.03 Å². The van der Waals surface area contributed by atoms with Gasteiger partial charge < -0.3 is 16.4 Å². The highest BCUT2D eigenvalue weighted by atomic mass is 79.9. The Hall–Kier alpha value is -1.43.